The van der Waals surface area contributed by atoms with Gasteiger partial charge < -0.3 is 4.74 Å². The number of carbonyl (C=O) groups is 1. The van der Waals surface area contributed by atoms with E-state index in [1.54, 1.807) is 50.2 Å². The zero-order chi connectivity index (χ0) is 18.9. The van der Waals surface area contributed by atoms with Gasteiger partial charge in [-0.25, -0.2) is 13.2 Å². The Hall–Kier alpha value is -2.67. The Labute approximate surface area is 153 Å². The van der Waals surface area contributed by atoms with E-state index in [0.29, 0.717) is 11.1 Å². The van der Waals surface area contributed by atoms with Crippen LogP contribution in [0.25, 0.3) is 0 Å². The molecular weight excluding hydrogens is 352 g/mol. The predicted octanol–water partition coefficient (Wildman–Crippen LogP) is 2.67. The molecule has 1 aliphatic rings. The number of rotatable bonds is 4. The fourth-order valence-corrected chi connectivity index (χ4v) is 3.88. The second-order valence-electron chi connectivity index (χ2n) is 6.82. The Morgan fingerprint density at radius 3 is 2.62 bits per heavy atom. The fourth-order valence-electron chi connectivity index (χ4n) is 2.65. The molecule has 1 N–H and O–H groups in total. The van der Waals surface area contributed by atoms with Gasteiger partial charge in [0, 0.05) is 5.56 Å². The van der Waals surface area contributed by atoms with Crippen molar-refractivity contribution in [3.05, 3.63) is 65.2 Å². The Kier molecular flexibility index (Phi) is 4.58. The molecule has 0 spiro atoms. The maximum absolute atomic E-state index is 12.2. The lowest BCUT2D eigenvalue weighted by atomic mass is 10.1. The van der Waals surface area contributed by atoms with Gasteiger partial charge in [0.25, 0.3) is 10.0 Å². The lowest BCUT2D eigenvalue weighted by molar-refractivity contribution is 0.0435. The van der Waals surface area contributed by atoms with Crippen LogP contribution in [-0.2, 0) is 14.8 Å². The molecule has 1 aliphatic heterocycles. The summed E-state index contributed by atoms with van der Waals surface area (Å²) in [4.78, 5) is 16.9. The summed E-state index contributed by atoms with van der Waals surface area (Å²) >= 11 is 0. The minimum Gasteiger partial charge on any atom is -0.460 e. The molecule has 0 amide bonds. The van der Waals surface area contributed by atoms with Gasteiger partial charge in [-0.05, 0) is 45.0 Å². The van der Waals surface area contributed by atoms with Crippen molar-refractivity contribution in [3.63, 3.8) is 0 Å². The summed E-state index contributed by atoms with van der Waals surface area (Å²) in [7, 11) is -3.59. The monoisotopic (exact) mass is 372 g/mol. The molecule has 0 aliphatic carbocycles. The van der Waals surface area contributed by atoms with E-state index < -0.39 is 21.5 Å². The third kappa shape index (κ3) is 3.77. The quantitative estimate of drug-likeness (QED) is 0.836. The van der Waals surface area contributed by atoms with E-state index in [2.05, 4.69) is 9.71 Å². The maximum atomic E-state index is 12.2. The SMILES string of the molecule is Cc1cccc(C(=O)OCC(C)(C)N=C2NS(=O)(=O)c3ccccc32)c1. The highest BCUT2D eigenvalue weighted by molar-refractivity contribution is 7.90. The summed E-state index contributed by atoms with van der Waals surface area (Å²) in [5, 5.41) is 0. The highest BCUT2D eigenvalue weighted by Crippen LogP contribution is 2.24. The maximum Gasteiger partial charge on any atom is 0.338 e. The number of nitrogens with zero attached hydrogens (tertiary/aromatic N) is 1. The first kappa shape index (κ1) is 18.1. The predicted molar refractivity (Wildman–Crippen MR) is 98.8 cm³/mol. The molecule has 7 heteroatoms. The van der Waals surface area contributed by atoms with Crippen LogP contribution < -0.4 is 4.72 Å². The van der Waals surface area contributed by atoms with Crippen LogP contribution in [0, 0.1) is 6.92 Å². The van der Waals surface area contributed by atoms with Crippen molar-refractivity contribution in [3.8, 4) is 0 Å². The molecule has 0 radical (unpaired) electrons. The number of fused-ring (bicyclic) bond motifs is 1. The first-order valence-electron chi connectivity index (χ1n) is 8.14. The largest absolute Gasteiger partial charge is 0.460 e. The number of hydrogen-bond acceptors (Lipinski definition) is 5. The number of sulfonamides is 1. The van der Waals surface area contributed by atoms with Gasteiger partial charge in [-0.3, -0.25) is 9.71 Å². The third-order valence-electron chi connectivity index (χ3n) is 3.89. The summed E-state index contributed by atoms with van der Waals surface area (Å²) < 4.78 is 32.1. The Morgan fingerprint density at radius 2 is 1.88 bits per heavy atom. The van der Waals surface area contributed by atoms with Crippen LogP contribution in [0.15, 0.2) is 58.4 Å². The molecular formula is C19H20N2O4S. The molecule has 0 bridgehead atoms. The van der Waals surface area contributed by atoms with Crippen molar-refractivity contribution in [2.75, 3.05) is 6.61 Å². The van der Waals surface area contributed by atoms with Gasteiger partial charge in [-0.15, -0.1) is 0 Å². The smallest absolute Gasteiger partial charge is 0.338 e. The number of benzene rings is 2. The molecule has 2 aromatic carbocycles. The molecule has 0 fully saturated rings. The van der Waals surface area contributed by atoms with Gasteiger partial charge in [0.1, 0.15) is 12.4 Å². The average molecular weight is 372 g/mol. The summed E-state index contributed by atoms with van der Waals surface area (Å²) in [6, 6.07) is 13.8. The first-order chi connectivity index (χ1) is 12.2. The fraction of sp³-hybridized carbons (Fsp3) is 0.263. The molecule has 0 saturated heterocycles. The van der Waals surface area contributed by atoms with Gasteiger partial charge in [-0.2, -0.15) is 0 Å². The lowest BCUT2D eigenvalue weighted by Crippen LogP contribution is -2.31. The molecule has 0 unspecified atom stereocenters. The Balaban J connectivity index is 1.77. The van der Waals surface area contributed by atoms with Gasteiger partial charge in [0.15, 0.2) is 0 Å². The van der Waals surface area contributed by atoms with Crippen molar-refractivity contribution in [1.82, 2.24) is 4.72 Å². The van der Waals surface area contributed by atoms with Crippen molar-refractivity contribution in [2.45, 2.75) is 31.2 Å². The Bertz CT molecular complexity index is 994. The number of hydrogen-bond donors (Lipinski definition) is 1. The minimum absolute atomic E-state index is 0.0210. The van der Waals surface area contributed by atoms with E-state index in [-0.39, 0.29) is 17.3 Å². The number of esters is 1. The van der Waals surface area contributed by atoms with E-state index in [1.807, 2.05) is 13.0 Å². The van der Waals surface area contributed by atoms with Crippen LogP contribution in [0.1, 0.15) is 35.3 Å². The zero-order valence-electron chi connectivity index (χ0n) is 14.8. The van der Waals surface area contributed by atoms with E-state index in [9.17, 15) is 13.2 Å². The van der Waals surface area contributed by atoms with Crippen molar-refractivity contribution < 1.29 is 17.9 Å². The van der Waals surface area contributed by atoms with Crippen molar-refractivity contribution >= 4 is 21.8 Å². The van der Waals surface area contributed by atoms with E-state index in [4.69, 9.17) is 4.74 Å². The summed E-state index contributed by atoms with van der Waals surface area (Å²) in [6.07, 6.45) is 0. The molecule has 26 heavy (non-hydrogen) atoms. The second-order valence-corrected chi connectivity index (χ2v) is 8.47. The van der Waals surface area contributed by atoms with E-state index in [0.717, 1.165) is 5.56 Å². The molecule has 136 valence electrons. The molecule has 2 aromatic rings. The molecule has 3 rings (SSSR count). The van der Waals surface area contributed by atoms with Gasteiger partial charge in [0.2, 0.25) is 0 Å². The van der Waals surface area contributed by atoms with E-state index >= 15 is 0 Å². The molecule has 1 heterocycles. The van der Waals surface area contributed by atoms with Crippen LogP contribution in [0.4, 0.5) is 0 Å². The molecule has 0 aromatic heterocycles. The molecule has 0 saturated carbocycles. The summed E-state index contributed by atoms with van der Waals surface area (Å²) in [5.41, 5.74) is 1.16. The van der Waals surface area contributed by atoms with Crippen LogP contribution in [0.5, 0.6) is 0 Å². The number of aliphatic imine (C=N–C) groups is 1. The van der Waals surface area contributed by atoms with Gasteiger partial charge in [0.05, 0.1) is 16.0 Å². The number of aryl methyl sites for hydroxylation is 1. The summed E-state index contributed by atoms with van der Waals surface area (Å²) in [6.45, 7) is 5.47. The number of ether oxygens (including phenoxy) is 1. The van der Waals surface area contributed by atoms with Crippen LogP contribution >= 0.6 is 0 Å². The average Bonchev–Trinajstić information content (AvgIpc) is 2.83. The second kappa shape index (κ2) is 6.57. The Morgan fingerprint density at radius 1 is 1.15 bits per heavy atom. The van der Waals surface area contributed by atoms with Crippen LogP contribution in [-0.4, -0.2) is 32.4 Å². The first-order valence-corrected chi connectivity index (χ1v) is 9.62. The van der Waals surface area contributed by atoms with Crippen LogP contribution in [0.2, 0.25) is 0 Å². The van der Waals surface area contributed by atoms with E-state index in [1.165, 1.54) is 6.07 Å². The number of amidine groups is 1. The third-order valence-corrected chi connectivity index (χ3v) is 5.28. The topological polar surface area (TPSA) is 84.8 Å². The summed E-state index contributed by atoms with van der Waals surface area (Å²) in [5.74, 6) is -0.174. The highest BCUT2D eigenvalue weighted by atomic mass is 32.2. The normalized spacial score (nSPS) is 16.8. The lowest BCUT2D eigenvalue weighted by Gasteiger charge is -2.20. The minimum atomic E-state index is -3.59. The van der Waals surface area contributed by atoms with Crippen LogP contribution in [0.3, 0.4) is 0 Å². The highest BCUT2D eigenvalue weighted by Gasteiger charge is 2.32. The van der Waals surface area contributed by atoms with Crippen molar-refractivity contribution in [2.24, 2.45) is 4.99 Å². The standard InChI is InChI=1S/C19H20N2O4S/c1-13-7-6-8-14(11-13)18(22)25-12-19(2,3)20-17-15-9-4-5-10-16(15)26(23,24)21-17/h4-11H,12H2,1-3H3,(H,20,21). The zero-order valence-corrected chi connectivity index (χ0v) is 15.6. The number of nitrogens with one attached hydrogen (secondary N) is 1. The number of carbonyl (C=O) groups excluding carboxylic acids is 1. The van der Waals surface area contributed by atoms with Gasteiger partial charge >= 0.3 is 5.97 Å². The van der Waals surface area contributed by atoms with Crippen molar-refractivity contribution in [1.29, 1.82) is 0 Å². The van der Waals surface area contributed by atoms with Gasteiger partial charge in [-0.1, -0.05) is 29.8 Å². The molecule has 0 atom stereocenters. The molecule has 6 nitrogen and oxygen atoms in total.